The van der Waals surface area contributed by atoms with Crippen LogP contribution in [0.3, 0.4) is 0 Å². The molecule has 0 saturated carbocycles. The molecule has 112 valence electrons. The first-order valence-corrected chi connectivity index (χ1v) is 8.02. The molecular weight excluding hydrogens is 252 g/mol. The van der Waals surface area contributed by atoms with Crippen LogP contribution in [0.15, 0.2) is 22.8 Å². The van der Waals surface area contributed by atoms with Gasteiger partial charge in [-0.2, -0.15) is 0 Å². The molecule has 2 aliphatic heterocycles. The molecule has 1 aromatic rings. The average Bonchev–Trinajstić information content (AvgIpc) is 3.11. The van der Waals surface area contributed by atoms with Gasteiger partial charge in [-0.15, -0.1) is 0 Å². The van der Waals surface area contributed by atoms with E-state index in [-0.39, 0.29) is 0 Å². The van der Waals surface area contributed by atoms with Crippen LogP contribution in [0.2, 0.25) is 0 Å². The van der Waals surface area contributed by atoms with Crippen LogP contribution in [0.5, 0.6) is 0 Å². The molecule has 2 unspecified atom stereocenters. The summed E-state index contributed by atoms with van der Waals surface area (Å²) in [5, 5.41) is 3.75. The van der Waals surface area contributed by atoms with Crippen LogP contribution in [-0.2, 0) is 4.74 Å². The van der Waals surface area contributed by atoms with Crippen LogP contribution in [0.1, 0.15) is 43.9 Å². The van der Waals surface area contributed by atoms with Crippen LogP contribution in [0.25, 0.3) is 0 Å². The van der Waals surface area contributed by atoms with Crippen molar-refractivity contribution in [1.29, 1.82) is 0 Å². The van der Waals surface area contributed by atoms with E-state index in [2.05, 4.69) is 16.3 Å². The third-order valence-corrected chi connectivity index (χ3v) is 4.50. The van der Waals surface area contributed by atoms with Gasteiger partial charge in [0.1, 0.15) is 5.76 Å². The Bertz CT molecular complexity index is 366. The fourth-order valence-corrected chi connectivity index (χ4v) is 3.33. The van der Waals surface area contributed by atoms with Gasteiger partial charge in [0.25, 0.3) is 0 Å². The third kappa shape index (κ3) is 3.62. The van der Waals surface area contributed by atoms with Gasteiger partial charge >= 0.3 is 0 Å². The van der Waals surface area contributed by atoms with Crippen LogP contribution in [0, 0.1) is 0 Å². The summed E-state index contributed by atoms with van der Waals surface area (Å²) >= 11 is 0. The van der Waals surface area contributed by atoms with E-state index in [4.69, 9.17) is 9.15 Å². The van der Waals surface area contributed by atoms with Crippen molar-refractivity contribution in [2.45, 2.75) is 44.2 Å². The Hall–Kier alpha value is -0.840. The number of hydrogen-bond donors (Lipinski definition) is 1. The molecule has 4 nitrogen and oxygen atoms in total. The Morgan fingerprint density at radius 2 is 2.10 bits per heavy atom. The number of likely N-dealkylation sites (tertiary alicyclic amines) is 1. The Labute approximate surface area is 121 Å². The molecule has 2 saturated heterocycles. The van der Waals surface area contributed by atoms with Crippen molar-refractivity contribution >= 4 is 0 Å². The lowest BCUT2D eigenvalue weighted by Crippen LogP contribution is -2.38. The second-order valence-electron chi connectivity index (χ2n) is 5.92. The molecule has 4 heteroatoms. The Morgan fingerprint density at radius 1 is 1.20 bits per heavy atom. The highest BCUT2D eigenvalue weighted by Crippen LogP contribution is 2.25. The standard InChI is InChI=1S/C16H26N2O2/c1-2-9-18(8-1)15(16-6-4-11-20-16)13-17-14-5-3-10-19-12-7-14/h4,6,11,14-15,17H,1-3,5,7-10,12-13H2. The first kappa shape index (κ1) is 14.1. The van der Waals surface area contributed by atoms with Crippen LogP contribution in [0.4, 0.5) is 0 Å². The fourth-order valence-electron chi connectivity index (χ4n) is 3.33. The highest BCUT2D eigenvalue weighted by molar-refractivity contribution is 5.06. The molecule has 0 bridgehead atoms. The number of rotatable bonds is 5. The van der Waals surface area contributed by atoms with Crippen LogP contribution < -0.4 is 5.32 Å². The zero-order valence-electron chi connectivity index (χ0n) is 12.2. The van der Waals surface area contributed by atoms with Crippen molar-refractivity contribution in [2.24, 2.45) is 0 Å². The number of furan rings is 1. The molecule has 0 aliphatic carbocycles. The van der Waals surface area contributed by atoms with E-state index >= 15 is 0 Å². The van der Waals surface area contributed by atoms with Crippen molar-refractivity contribution in [2.75, 3.05) is 32.8 Å². The second kappa shape index (κ2) is 7.25. The molecule has 2 atom stereocenters. The number of hydrogen-bond acceptors (Lipinski definition) is 4. The van der Waals surface area contributed by atoms with Crippen LogP contribution in [-0.4, -0.2) is 43.8 Å². The zero-order valence-corrected chi connectivity index (χ0v) is 12.2. The van der Waals surface area contributed by atoms with E-state index in [1.54, 1.807) is 6.26 Å². The number of nitrogens with one attached hydrogen (secondary N) is 1. The van der Waals surface area contributed by atoms with Gasteiger partial charge in [-0.25, -0.2) is 0 Å². The molecule has 1 aromatic heterocycles. The minimum Gasteiger partial charge on any atom is -0.468 e. The molecule has 2 fully saturated rings. The summed E-state index contributed by atoms with van der Waals surface area (Å²) in [6.07, 6.45) is 7.95. The van der Waals surface area contributed by atoms with Gasteiger partial charge in [0.2, 0.25) is 0 Å². The Morgan fingerprint density at radius 3 is 2.90 bits per heavy atom. The normalized spacial score (nSPS) is 26.5. The second-order valence-corrected chi connectivity index (χ2v) is 5.92. The van der Waals surface area contributed by atoms with E-state index in [0.29, 0.717) is 12.1 Å². The topological polar surface area (TPSA) is 37.6 Å². The summed E-state index contributed by atoms with van der Waals surface area (Å²) in [5.74, 6) is 1.10. The Balaban J connectivity index is 1.58. The van der Waals surface area contributed by atoms with Gasteiger partial charge in [-0.1, -0.05) is 0 Å². The van der Waals surface area contributed by atoms with Gasteiger partial charge < -0.3 is 14.5 Å². The lowest BCUT2D eigenvalue weighted by Gasteiger charge is -2.28. The summed E-state index contributed by atoms with van der Waals surface area (Å²) in [4.78, 5) is 2.55. The lowest BCUT2D eigenvalue weighted by atomic mass is 10.1. The van der Waals surface area contributed by atoms with Crippen molar-refractivity contribution in [3.63, 3.8) is 0 Å². The number of ether oxygens (including phenoxy) is 1. The maximum Gasteiger partial charge on any atom is 0.122 e. The molecule has 1 N–H and O–H groups in total. The monoisotopic (exact) mass is 278 g/mol. The highest BCUT2D eigenvalue weighted by atomic mass is 16.5. The van der Waals surface area contributed by atoms with E-state index in [1.807, 2.05) is 6.07 Å². The fraction of sp³-hybridized carbons (Fsp3) is 0.750. The van der Waals surface area contributed by atoms with Gasteiger partial charge in [-0.05, 0) is 57.3 Å². The van der Waals surface area contributed by atoms with E-state index in [9.17, 15) is 0 Å². The highest BCUT2D eigenvalue weighted by Gasteiger charge is 2.26. The molecule has 3 rings (SSSR count). The summed E-state index contributed by atoms with van der Waals surface area (Å²) in [7, 11) is 0. The zero-order chi connectivity index (χ0) is 13.6. The SMILES string of the molecule is c1coc(C(CNC2CCCOCC2)N2CCCC2)c1. The summed E-state index contributed by atoms with van der Waals surface area (Å²) in [6, 6.07) is 5.09. The molecule has 2 aliphatic rings. The quantitative estimate of drug-likeness (QED) is 0.898. The molecule has 0 radical (unpaired) electrons. The minimum absolute atomic E-state index is 0.386. The van der Waals surface area contributed by atoms with Crippen molar-refractivity contribution < 1.29 is 9.15 Å². The molecule has 20 heavy (non-hydrogen) atoms. The first-order chi connectivity index (χ1) is 9.93. The van der Waals surface area contributed by atoms with Crippen molar-refractivity contribution in [1.82, 2.24) is 10.2 Å². The predicted molar refractivity (Wildman–Crippen MR) is 78.7 cm³/mol. The van der Waals surface area contributed by atoms with Gasteiger partial charge in [0.15, 0.2) is 0 Å². The molecule has 0 amide bonds. The van der Waals surface area contributed by atoms with E-state index in [0.717, 1.165) is 31.9 Å². The summed E-state index contributed by atoms with van der Waals surface area (Å²) in [5.41, 5.74) is 0. The molecule has 3 heterocycles. The molecular formula is C16H26N2O2. The summed E-state index contributed by atoms with van der Waals surface area (Å²) in [6.45, 7) is 5.19. The maximum atomic E-state index is 5.67. The van der Waals surface area contributed by atoms with Gasteiger partial charge in [-0.3, -0.25) is 4.90 Å². The average molecular weight is 278 g/mol. The van der Waals surface area contributed by atoms with Crippen molar-refractivity contribution in [3.05, 3.63) is 24.2 Å². The van der Waals surface area contributed by atoms with Gasteiger partial charge in [0, 0.05) is 25.8 Å². The largest absolute Gasteiger partial charge is 0.468 e. The first-order valence-electron chi connectivity index (χ1n) is 8.02. The van der Waals surface area contributed by atoms with E-state index < -0.39 is 0 Å². The van der Waals surface area contributed by atoms with Crippen LogP contribution >= 0.6 is 0 Å². The maximum absolute atomic E-state index is 5.67. The number of nitrogens with zero attached hydrogens (tertiary/aromatic N) is 1. The van der Waals surface area contributed by atoms with Gasteiger partial charge in [0.05, 0.1) is 12.3 Å². The lowest BCUT2D eigenvalue weighted by molar-refractivity contribution is 0.142. The van der Waals surface area contributed by atoms with E-state index in [1.165, 1.54) is 38.8 Å². The summed E-state index contributed by atoms with van der Waals surface area (Å²) < 4.78 is 11.2. The minimum atomic E-state index is 0.386. The molecule has 0 spiro atoms. The van der Waals surface area contributed by atoms with Crippen molar-refractivity contribution in [3.8, 4) is 0 Å². The third-order valence-electron chi connectivity index (χ3n) is 4.50. The Kier molecular flexibility index (Phi) is 5.12. The smallest absolute Gasteiger partial charge is 0.122 e. The predicted octanol–water partition coefficient (Wildman–Crippen LogP) is 2.58. The molecule has 0 aromatic carbocycles.